The van der Waals surface area contributed by atoms with Crippen LogP contribution in [0, 0.1) is 0 Å². The number of aromatic nitrogens is 2. The molecule has 0 atom stereocenters. The monoisotopic (exact) mass is 314 g/mol. The lowest BCUT2D eigenvalue weighted by Crippen LogP contribution is -2.36. The van der Waals surface area contributed by atoms with Crippen LogP contribution in [-0.2, 0) is 17.9 Å². The number of carbonyl (C=O) groups excluding carboxylic acids is 1. The maximum Gasteiger partial charge on any atom is 0.246 e. The van der Waals surface area contributed by atoms with Gasteiger partial charge >= 0.3 is 0 Å². The quantitative estimate of drug-likeness (QED) is 0.553. The predicted octanol–water partition coefficient (Wildman–Crippen LogP) is 1.33. The average Bonchev–Trinajstić information content (AvgIpc) is 2.97. The number of hydrogen-bond acceptors (Lipinski definition) is 3. The minimum Gasteiger partial charge on any atom is -0.370 e. The van der Waals surface area contributed by atoms with Crippen LogP contribution >= 0.6 is 0 Å². The zero-order valence-electron chi connectivity index (χ0n) is 13.4. The second kappa shape index (κ2) is 7.98. The fourth-order valence-electron chi connectivity index (χ4n) is 2.01. The van der Waals surface area contributed by atoms with Gasteiger partial charge in [-0.15, -0.1) is 0 Å². The molecule has 0 unspecified atom stereocenters. The van der Waals surface area contributed by atoms with Crippen LogP contribution in [-0.4, -0.2) is 27.7 Å². The van der Waals surface area contributed by atoms with Crippen LogP contribution in [0.5, 0.6) is 0 Å². The van der Waals surface area contributed by atoms with Crippen molar-refractivity contribution in [2.24, 2.45) is 10.7 Å². The lowest BCUT2D eigenvalue weighted by molar-refractivity contribution is -0.116. The van der Waals surface area contributed by atoms with Crippen LogP contribution in [0.4, 0.5) is 5.69 Å². The molecule has 7 heteroatoms. The van der Waals surface area contributed by atoms with Crippen molar-refractivity contribution >= 4 is 17.6 Å². The molecule has 1 heterocycles. The Morgan fingerprint density at radius 2 is 2.22 bits per heavy atom. The molecule has 2 rings (SSSR count). The Labute approximate surface area is 135 Å². The van der Waals surface area contributed by atoms with E-state index in [-0.39, 0.29) is 18.5 Å². The Hall–Kier alpha value is -2.83. The van der Waals surface area contributed by atoms with Crippen molar-refractivity contribution < 1.29 is 4.79 Å². The first-order chi connectivity index (χ1) is 11.0. The van der Waals surface area contributed by atoms with Gasteiger partial charge in [-0.3, -0.25) is 9.48 Å². The van der Waals surface area contributed by atoms with E-state index in [1.54, 1.807) is 23.1 Å². The molecule has 23 heavy (non-hydrogen) atoms. The molecule has 0 saturated heterocycles. The van der Waals surface area contributed by atoms with Crippen molar-refractivity contribution in [3.63, 3.8) is 0 Å². The molecular weight excluding hydrogens is 292 g/mol. The van der Waals surface area contributed by atoms with E-state index in [1.807, 2.05) is 38.1 Å². The molecule has 0 radical (unpaired) electrons. The molecule has 0 saturated carbocycles. The zero-order valence-corrected chi connectivity index (χ0v) is 13.4. The highest BCUT2D eigenvalue weighted by Crippen LogP contribution is 2.11. The molecule has 7 nitrogen and oxygen atoms in total. The van der Waals surface area contributed by atoms with Crippen LogP contribution in [0.1, 0.15) is 19.4 Å². The third kappa shape index (κ3) is 5.82. The number of nitrogens with zero attached hydrogens (tertiary/aromatic N) is 3. The summed E-state index contributed by atoms with van der Waals surface area (Å²) in [5, 5.41) is 9.88. The first kappa shape index (κ1) is 16.5. The van der Waals surface area contributed by atoms with E-state index in [0.717, 1.165) is 11.3 Å². The highest BCUT2D eigenvalue weighted by Gasteiger charge is 2.04. The van der Waals surface area contributed by atoms with Gasteiger partial charge < -0.3 is 16.4 Å². The summed E-state index contributed by atoms with van der Waals surface area (Å²) >= 11 is 0. The fraction of sp³-hybridized carbons (Fsp3) is 0.312. The number of benzene rings is 1. The maximum atomic E-state index is 11.9. The number of nitrogens with one attached hydrogen (secondary N) is 2. The molecule has 0 fully saturated rings. The van der Waals surface area contributed by atoms with Gasteiger partial charge in [-0.1, -0.05) is 12.1 Å². The van der Waals surface area contributed by atoms with Crippen LogP contribution < -0.4 is 16.4 Å². The highest BCUT2D eigenvalue weighted by atomic mass is 16.2. The SMILES string of the molecule is CC(C)NC(N)=NCc1cccc(NC(=O)Cn2cccn2)c1. The number of aliphatic imine (C=N–C) groups is 1. The standard InChI is InChI=1S/C16H22N6O/c1-12(2)20-16(17)18-10-13-5-3-6-14(9-13)21-15(23)11-22-8-4-7-19-22/h3-9,12H,10-11H2,1-2H3,(H,21,23)(H3,17,18,20). The molecule has 0 aliphatic carbocycles. The first-order valence-electron chi connectivity index (χ1n) is 7.45. The summed E-state index contributed by atoms with van der Waals surface area (Å²) in [7, 11) is 0. The predicted molar refractivity (Wildman–Crippen MR) is 90.9 cm³/mol. The van der Waals surface area contributed by atoms with Crippen molar-refractivity contribution in [1.29, 1.82) is 0 Å². The van der Waals surface area contributed by atoms with E-state index < -0.39 is 0 Å². The molecular formula is C16H22N6O. The Morgan fingerprint density at radius 3 is 2.91 bits per heavy atom. The van der Waals surface area contributed by atoms with Gasteiger partial charge in [0.2, 0.25) is 5.91 Å². The van der Waals surface area contributed by atoms with Gasteiger partial charge in [0, 0.05) is 24.1 Å². The third-order valence-corrected chi connectivity index (χ3v) is 2.94. The van der Waals surface area contributed by atoms with Gasteiger partial charge in [0.05, 0.1) is 6.54 Å². The van der Waals surface area contributed by atoms with Crippen molar-refractivity contribution in [3.8, 4) is 0 Å². The van der Waals surface area contributed by atoms with E-state index in [4.69, 9.17) is 5.73 Å². The van der Waals surface area contributed by atoms with Gasteiger partial charge in [0.15, 0.2) is 5.96 Å². The van der Waals surface area contributed by atoms with Crippen molar-refractivity contribution in [1.82, 2.24) is 15.1 Å². The van der Waals surface area contributed by atoms with E-state index in [1.165, 1.54) is 0 Å². The summed E-state index contributed by atoms with van der Waals surface area (Å²) in [5.41, 5.74) is 7.47. The summed E-state index contributed by atoms with van der Waals surface area (Å²) in [6, 6.07) is 9.56. The Kier molecular flexibility index (Phi) is 5.74. The largest absolute Gasteiger partial charge is 0.370 e. The van der Waals surface area contributed by atoms with Gasteiger partial charge in [-0.2, -0.15) is 5.10 Å². The van der Waals surface area contributed by atoms with Crippen LogP contribution in [0.25, 0.3) is 0 Å². The smallest absolute Gasteiger partial charge is 0.246 e. The van der Waals surface area contributed by atoms with E-state index >= 15 is 0 Å². The summed E-state index contributed by atoms with van der Waals surface area (Å²) < 4.78 is 1.57. The Bertz CT molecular complexity index is 663. The van der Waals surface area contributed by atoms with E-state index in [0.29, 0.717) is 12.5 Å². The highest BCUT2D eigenvalue weighted by molar-refractivity contribution is 5.90. The van der Waals surface area contributed by atoms with Crippen molar-refractivity contribution in [2.75, 3.05) is 5.32 Å². The number of nitrogens with two attached hydrogens (primary N) is 1. The summed E-state index contributed by atoms with van der Waals surface area (Å²) in [5.74, 6) is 0.281. The second-order valence-electron chi connectivity index (χ2n) is 5.45. The van der Waals surface area contributed by atoms with Gasteiger partial charge in [0.1, 0.15) is 6.54 Å². The lowest BCUT2D eigenvalue weighted by Gasteiger charge is -2.09. The zero-order chi connectivity index (χ0) is 16.7. The summed E-state index contributed by atoms with van der Waals surface area (Å²) in [6.07, 6.45) is 3.39. The first-order valence-corrected chi connectivity index (χ1v) is 7.45. The normalized spacial score (nSPS) is 11.5. The van der Waals surface area contributed by atoms with Crippen LogP contribution in [0.3, 0.4) is 0 Å². The number of guanidine groups is 1. The molecule has 122 valence electrons. The Balaban J connectivity index is 1.92. The minimum absolute atomic E-state index is 0.129. The number of hydrogen-bond donors (Lipinski definition) is 3. The van der Waals surface area contributed by atoms with E-state index in [2.05, 4.69) is 20.7 Å². The average molecular weight is 314 g/mol. The van der Waals surface area contributed by atoms with Crippen molar-refractivity contribution in [2.45, 2.75) is 33.0 Å². The topological polar surface area (TPSA) is 97.3 Å². The van der Waals surface area contributed by atoms with Gasteiger partial charge in [-0.05, 0) is 37.6 Å². The molecule has 0 bridgehead atoms. The number of amides is 1. The molecule has 0 aliphatic heterocycles. The summed E-state index contributed by atoms with van der Waals surface area (Å²) in [4.78, 5) is 16.2. The Morgan fingerprint density at radius 1 is 1.39 bits per heavy atom. The van der Waals surface area contributed by atoms with E-state index in [9.17, 15) is 4.79 Å². The van der Waals surface area contributed by atoms with Crippen LogP contribution in [0.15, 0.2) is 47.7 Å². The van der Waals surface area contributed by atoms with Crippen LogP contribution in [0.2, 0.25) is 0 Å². The number of anilines is 1. The second-order valence-corrected chi connectivity index (χ2v) is 5.45. The molecule has 1 aromatic carbocycles. The minimum atomic E-state index is -0.129. The summed E-state index contributed by atoms with van der Waals surface area (Å²) in [6.45, 7) is 4.63. The fourth-order valence-corrected chi connectivity index (χ4v) is 2.01. The van der Waals surface area contributed by atoms with Gasteiger partial charge in [0.25, 0.3) is 0 Å². The number of rotatable bonds is 6. The maximum absolute atomic E-state index is 11.9. The van der Waals surface area contributed by atoms with Crippen molar-refractivity contribution in [3.05, 3.63) is 48.3 Å². The van der Waals surface area contributed by atoms with Gasteiger partial charge in [-0.25, -0.2) is 4.99 Å². The molecule has 0 spiro atoms. The molecule has 2 aromatic rings. The number of carbonyl (C=O) groups is 1. The molecule has 1 amide bonds. The molecule has 4 N–H and O–H groups in total. The third-order valence-electron chi connectivity index (χ3n) is 2.94. The molecule has 0 aliphatic rings. The lowest BCUT2D eigenvalue weighted by atomic mass is 10.2. The molecule has 1 aromatic heterocycles.